The van der Waals surface area contributed by atoms with E-state index in [4.69, 9.17) is 0 Å². The van der Waals surface area contributed by atoms with Gasteiger partial charge in [-0.05, 0) is 15.9 Å². The summed E-state index contributed by atoms with van der Waals surface area (Å²) < 4.78 is 35.7. The van der Waals surface area contributed by atoms with Crippen LogP contribution in [0.4, 0.5) is 13.2 Å². The fourth-order valence-electron chi connectivity index (χ4n) is 0.678. The van der Waals surface area contributed by atoms with Crippen LogP contribution in [-0.2, 0) is 6.30 Å². The van der Waals surface area contributed by atoms with Crippen molar-refractivity contribution in [1.82, 2.24) is 9.55 Å². The van der Waals surface area contributed by atoms with E-state index >= 15 is 0 Å². The fraction of sp³-hybridized carbons (Fsp3) is 0.200. The summed E-state index contributed by atoms with van der Waals surface area (Å²) in [7, 11) is 0. The van der Waals surface area contributed by atoms with Crippen LogP contribution in [-0.4, -0.2) is 15.8 Å². The Labute approximate surface area is 73.3 Å². The highest BCUT2D eigenvalue weighted by atomic mass is 79.9. The molecule has 1 aromatic heterocycles. The molecule has 1 rings (SSSR count). The van der Waals surface area contributed by atoms with E-state index in [0.29, 0.717) is 0 Å². The predicted octanol–water partition coefficient (Wildman–Crippen LogP) is 1.93. The highest BCUT2D eigenvalue weighted by Gasteiger charge is 2.35. The Morgan fingerprint density at radius 2 is 2.17 bits per heavy atom. The van der Waals surface area contributed by atoms with Crippen LogP contribution in [0.3, 0.4) is 0 Å². The van der Waals surface area contributed by atoms with Crippen LogP contribution >= 0.6 is 15.9 Å². The van der Waals surface area contributed by atoms with Crippen molar-refractivity contribution in [3.8, 4) is 0 Å². The standard InChI is InChI=1S/C5H2BrF3N2O/c6-3-1-10-4(2-12)11(3)5(7,8)9/h1-2H. The molecule has 0 unspecified atom stereocenters. The minimum absolute atomic E-state index is 0.0399. The van der Waals surface area contributed by atoms with Gasteiger partial charge in [0.05, 0.1) is 6.20 Å². The second-order valence-corrected chi connectivity index (χ2v) is 2.67. The molecule has 12 heavy (non-hydrogen) atoms. The van der Waals surface area contributed by atoms with Crippen LogP contribution in [0.1, 0.15) is 10.6 Å². The van der Waals surface area contributed by atoms with Crippen LogP contribution in [0.2, 0.25) is 0 Å². The smallest absolute Gasteiger partial charge is 0.294 e. The maximum atomic E-state index is 12.1. The molecule has 0 amide bonds. The molecule has 0 N–H and O–H groups in total. The van der Waals surface area contributed by atoms with Gasteiger partial charge in [0, 0.05) is 0 Å². The lowest BCUT2D eigenvalue weighted by Gasteiger charge is -2.08. The molecule has 3 nitrogen and oxygen atoms in total. The Morgan fingerprint density at radius 1 is 1.58 bits per heavy atom. The first-order valence-electron chi connectivity index (χ1n) is 2.72. The first-order chi connectivity index (χ1) is 5.46. The van der Waals surface area contributed by atoms with Crippen molar-refractivity contribution in [1.29, 1.82) is 0 Å². The topological polar surface area (TPSA) is 34.9 Å². The molecule has 0 bridgehead atoms. The Bertz CT molecular complexity index is 306. The summed E-state index contributed by atoms with van der Waals surface area (Å²) in [6.07, 6.45) is -3.67. The number of hydrogen-bond acceptors (Lipinski definition) is 2. The van der Waals surface area contributed by atoms with Gasteiger partial charge >= 0.3 is 6.30 Å². The Kier molecular flexibility index (Phi) is 2.22. The Morgan fingerprint density at radius 3 is 2.50 bits per heavy atom. The normalized spacial score (nSPS) is 11.7. The third-order valence-corrected chi connectivity index (χ3v) is 1.66. The van der Waals surface area contributed by atoms with Crippen molar-refractivity contribution in [2.75, 3.05) is 0 Å². The van der Waals surface area contributed by atoms with Crippen molar-refractivity contribution in [3.63, 3.8) is 0 Å². The number of imidazole rings is 1. The number of rotatable bonds is 1. The number of hydrogen-bond donors (Lipinski definition) is 0. The van der Waals surface area contributed by atoms with Crippen LogP contribution < -0.4 is 0 Å². The van der Waals surface area contributed by atoms with Crippen LogP contribution in [0, 0.1) is 0 Å². The molecular formula is C5H2BrF3N2O. The van der Waals surface area contributed by atoms with Crippen molar-refractivity contribution < 1.29 is 18.0 Å². The molecule has 0 fully saturated rings. The lowest BCUT2D eigenvalue weighted by molar-refractivity contribution is -0.205. The summed E-state index contributed by atoms with van der Waals surface area (Å²) in [6.45, 7) is 0. The zero-order valence-corrected chi connectivity index (χ0v) is 7.06. The first kappa shape index (κ1) is 9.24. The first-order valence-corrected chi connectivity index (χ1v) is 3.51. The van der Waals surface area contributed by atoms with Gasteiger partial charge in [0.2, 0.25) is 0 Å². The second-order valence-electron chi connectivity index (χ2n) is 1.86. The monoisotopic (exact) mass is 242 g/mol. The van der Waals surface area contributed by atoms with Crippen LogP contribution in [0.15, 0.2) is 10.8 Å². The van der Waals surface area contributed by atoms with E-state index in [1.165, 1.54) is 0 Å². The van der Waals surface area contributed by atoms with Gasteiger partial charge in [0.1, 0.15) is 4.60 Å². The van der Waals surface area contributed by atoms with E-state index in [1.54, 1.807) is 0 Å². The maximum absolute atomic E-state index is 12.1. The molecule has 1 heterocycles. The molecule has 7 heteroatoms. The molecule has 1 aromatic rings. The van der Waals surface area contributed by atoms with Crippen LogP contribution in [0.25, 0.3) is 0 Å². The van der Waals surface area contributed by atoms with E-state index in [0.717, 1.165) is 6.20 Å². The van der Waals surface area contributed by atoms with Crippen molar-refractivity contribution in [2.24, 2.45) is 0 Å². The average molecular weight is 243 g/mol. The molecule has 0 spiro atoms. The highest BCUT2D eigenvalue weighted by Crippen LogP contribution is 2.28. The average Bonchev–Trinajstić information content (AvgIpc) is 2.29. The van der Waals surface area contributed by atoms with Crippen molar-refractivity contribution in [2.45, 2.75) is 6.30 Å². The minimum atomic E-state index is -4.62. The second kappa shape index (κ2) is 2.89. The zero-order valence-electron chi connectivity index (χ0n) is 5.47. The van der Waals surface area contributed by atoms with Gasteiger partial charge in [-0.3, -0.25) is 4.79 Å². The summed E-state index contributed by atoms with van der Waals surface area (Å²) in [4.78, 5) is 13.3. The largest absolute Gasteiger partial charge is 0.491 e. The number of carbonyl (C=O) groups is 1. The summed E-state index contributed by atoms with van der Waals surface area (Å²) in [5.41, 5.74) is 0. The SMILES string of the molecule is O=Cc1ncc(Br)n1C(F)(F)F. The van der Waals surface area contributed by atoms with Gasteiger partial charge in [-0.2, -0.15) is 0 Å². The quantitative estimate of drug-likeness (QED) is 0.706. The number of aldehydes is 1. The number of aromatic nitrogens is 2. The molecule has 0 saturated heterocycles. The molecule has 0 aliphatic carbocycles. The number of halogens is 4. The van der Waals surface area contributed by atoms with Gasteiger partial charge in [0.15, 0.2) is 12.1 Å². The van der Waals surface area contributed by atoms with E-state index in [-0.39, 0.29) is 15.5 Å². The minimum Gasteiger partial charge on any atom is -0.294 e. The molecule has 66 valence electrons. The van der Waals surface area contributed by atoms with Gasteiger partial charge in [-0.25, -0.2) is 9.55 Å². The number of carbonyl (C=O) groups excluding carboxylic acids is 1. The fourth-order valence-corrected chi connectivity index (χ4v) is 1.16. The van der Waals surface area contributed by atoms with E-state index in [1.807, 2.05) is 0 Å². The molecule has 0 saturated carbocycles. The van der Waals surface area contributed by atoms with E-state index < -0.39 is 12.1 Å². The molecule has 0 aliphatic heterocycles. The van der Waals surface area contributed by atoms with Gasteiger partial charge in [-0.1, -0.05) is 0 Å². The molecular weight excluding hydrogens is 241 g/mol. The molecule has 0 radical (unpaired) electrons. The third-order valence-electron chi connectivity index (χ3n) is 1.11. The third kappa shape index (κ3) is 1.50. The number of alkyl halides is 3. The summed E-state index contributed by atoms with van der Waals surface area (Å²) in [5, 5.41) is 0. The predicted molar refractivity (Wildman–Crippen MR) is 36.6 cm³/mol. The van der Waals surface area contributed by atoms with Crippen molar-refractivity contribution in [3.05, 3.63) is 16.6 Å². The summed E-state index contributed by atoms with van der Waals surface area (Å²) >= 11 is 2.62. The highest BCUT2D eigenvalue weighted by molar-refractivity contribution is 9.10. The molecule has 0 atom stereocenters. The van der Waals surface area contributed by atoms with Gasteiger partial charge < -0.3 is 0 Å². The lowest BCUT2D eigenvalue weighted by Crippen LogP contribution is -2.19. The Balaban J connectivity index is 3.28. The van der Waals surface area contributed by atoms with E-state index in [9.17, 15) is 18.0 Å². The van der Waals surface area contributed by atoms with Crippen molar-refractivity contribution >= 4 is 22.2 Å². The maximum Gasteiger partial charge on any atom is 0.491 e. The van der Waals surface area contributed by atoms with Gasteiger partial charge in [-0.15, -0.1) is 13.2 Å². The zero-order chi connectivity index (χ0) is 9.35. The summed E-state index contributed by atoms with van der Waals surface area (Å²) in [6, 6.07) is 0. The van der Waals surface area contributed by atoms with E-state index in [2.05, 4.69) is 20.9 Å². The Hall–Kier alpha value is -0.850. The van der Waals surface area contributed by atoms with Crippen LogP contribution in [0.5, 0.6) is 0 Å². The molecule has 0 aromatic carbocycles. The van der Waals surface area contributed by atoms with Gasteiger partial charge in [0.25, 0.3) is 0 Å². The molecule has 0 aliphatic rings. The lowest BCUT2D eigenvalue weighted by atomic mass is 10.7. The number of nitrogens with zero attached hydrogens (tertiary/aromatic N) is 2. The summed E-state index contributed by atoms with van der Waals surface area (Å²) in [5.74, 6) is -0.672.